The summed E-state index contributed by atoms with van der Waals surface area (Å²) in [4.78, 5) is 14.3. The van der Waals surface area contributed by atoms with E-state index in [9.17, 15) is 4.79 Å². The predicted octanol–water partition coefficient (Wildman–Crippen LogP) is 0.710. The van der Waals surface area contributed by atoms with Crippen molar-refractivity contribution < 1.29 is 4.79 Å². The summed E-state index contributed by atoms with van der Waals surface area (Å²) in [7, 11) is 0. The molecule has 2 aliphatic heterocycles. The van der Waals surface area contributed by atoms with Gasteiger partial charge in [-0.3, -0.25) is 4.79 Å². The minimum atomic E-state index is 0.372. The number of carbonyl (C=O) groups excluding carboxylic acids is 1. The second-order valence-electron chi connectivity index (χ2n) is 5.69. The molecule has 2 unspecified atom stereocenters. The van der Waals surface area contributed by atoms with E-state index in [1.807, 2.05) is 0 Å². The number of rotatable bonds is 1. The van der Waals surface area contributed by atoms with E-state index in [0.29, 0.717) is 17.7 Å². The molecule has 1 amide bonds. The van der Waals surface area contributed by atoms with Gasteiger partial charge in [0.1, 0.15) is 0 Å². The second kappa shape index (κ2) is 3.48. The van der Waals surface area contributed by atoms with Crippen molar-refractivity contribution in [2.45, 2.75) is 19.8 Å². The molecule has 1 aliphatic carbocycles. The largest absolute Gasteiger partial charge is 0.342 e. The maximum absolute atomic E-state index is 12.1. The average molecular weight is 208 g/mol. The molecular weight excluding hydrogens is 188 g/mol. The van der Waals surface area contributed by atoms with Crippen LogP contribution < -0.4 is 5.32 Å². The van der Waals surface area contributed by atoms with Crippen LogP contribution in [0.2, 0.25) is 0 Å². The number of carbonyl (C=O) groups is 1. The highest BCUT2D eigenvalue weighted by molar-refractivity contribution is 5.81. The van der Waals surface area contributed by atoms with Gasteiger partial charge in [0.25, 0.3) is 0 Å². The van der Waals surface area contributed by atoms with Gasteiger partial charge in [-0.2, -0.15) is 0 Å². The van der Waals surface area contributed by atoms with Crippen molar-refractivity contribution in [2.75, 3.05) is 26.2 Å². The SMILES string of the molecule is C[C@@H]1C[C@@H]1C(=O)N1CC2CNCC(C2)C1. The number of fused-ring (bicyclic) bond motifs is 2. The first-order valence-electron chi connectivity index (χ1n) is 6.23. The monoisotopic (exact) mass is 208 g/mol. The topological polar surface area (TPSA) is 32.3 Å². The van der Waals surface area contributed by atoms with Gasteiger partial charge in [-0.1, -0.05) is 6.92 Å². The van der Waals surface area contributed by atoms with Crippen LogP contribution in [-0.4, -0.2) is 37.0 Å². The first-order chi connectivity index (χ1) is 7.24. The average Bonchev–Trinajstić information content (AvgIpc) is 2.94. The van der Waals surface area contributed by atoms with Crippen molar-refractivity contribution in [1.29, 1.82) is 0 Å². The number of hydrogen-bond acceptors (Lipinski definition) is 2. The fraction of sp³-hybridized carbons (Fsp3) is 0.917. The standard InChI is InChI=1S/C12H20N2O/c1-8-2-11(8)12(15)14-6-9-3-10(7-14)5-13-4-9/h8-11,13H,2-7H2,1H3/t8-,9?,10?,11+/m1/s1. The van der Waals surface area contributed by atoms with Gasteiger partial charge < -0.3 is 10.2 Å². The predicted molar refractivity (Wildman–Crippen MR) is 58.3 cm³/mol. The van der Waals surface area contributed by atoms with Crippen LogP contribution in [-0.2, 0) is 4.79 Å². The van der Waals surface area contributed by atoms with Crippen molar-refractivity contribution in [1.82, 2.24) is 10.2 Å². The van der Waals surface area contributed by atoms with E-state index in [1.54, 1.807) is 0 Å². The van der Waals surface area contributed by atoms with Crippen molar-refractivity contribution in [3.05, 3.63) is 0 Å². The highest BCUT2D eigenvalue weighted by Gasteiger charge is 2.43. The summed E-state index contributed by atoms with van der Waals surface area (Å²) in [5.41, 5.74) is 0. The third-order valence-electron chi connectivity index (χ3n) is 4.23. The summed E-state index contributed by atoms with van der Waals surface area (Å²) in [6.07, 6.45) is 2.46. The number of amides is 1. The lowest BCUT2D eigenvalue weighted by Gasteiger charge is -2.41. The summed E-state index contributed by atoms with van der Waals surface area (Å²) in [6.45, 7) is 6.42. The van der Waals surface area contributed by atoms with Gasteiger partial charge in [0.05, 0.1) is 0 Å². The molecule has 3 nitrogen and oxygen atoms in total. The van der Waals surface area contributed by atoms with Crippen LogP contribution in [0.3, 0.4) is 0 Å². The molecule has 2 bridgehead atoms. The quantitative estimate of drug-likeness (QED) is 0.688. The molecule has 2 saturated heterocycles. The van der Waals surface area contributed by atoms with E-state index in [2.05, 4.69) is 17.1 Å². The van der Waals surface area contributed by atoms with E-state index in [4.69, 9.17) is 0 Å². The van der Waals surface area contributed by atoms with Gasteiger partial charge in [-0.05, 0) is 43.7 Å². The molecule has 15 heavy (non-hydrogen) atoms. The summed E-state index contributed by atoms with van der Waals surface area (Å²) in [5, 5.41) is 3.46. The van der Waals surface area contributed by atoms with Crippen LogP contribution in [0.4, 0.5) is 0 Å². The lowest BCUT2D eigenvalue weighted by Crippen LogP contribution is -2.53. The lowest BCUT2D eigenvalue weighted by molar-refractivity contribution is -0.136. The van der Waals surface area contributed by atoms with Crippen molar-refractivity contribution in [3.8, 4) is 0 Å². The third-order valence-corrected chi connectivity index (χ3v) is 4.23. The molecule has 0 spiro atoms. The number of likely N-dealkylation sites (tertiary alicyclic amines) is 1. The molecule has 0 aromatic heterocycles. The Morgan fingerprint density at radius 2 is 1.80 bits per heavy atom. The third kappa shape index (κ3) is 1.78. The number of piperidine rings is 2. The number of nitrogens with zero attached hydrogens (tertiary/aromatic N) is 1. The zero-order chi connectivity index (χ0) is 10.4. The van der Waals surface area contributed by atoms with Crippen LogP contribution in [0.15, 0.2) is 0 Å². The maximum Gasteiger partial charge on any atom is 0.225 e. The molecule has 3 fully saturated rings. The van der Waals surface area contributed by atoms with Gasteiger partial charge in [-0.25, -0.2) is 0 Å². The summed E-state index contributed by atoms with van der Waals surface area (Å²) < 4.78 is 0. The van der Waals surface area contributed by atoms with Gasteiger partial charge in [0.2, 0.25) is 5.91 Å². The highest BCUT2D eigenvalue weighted by Crippen LogP contribution is 2.40. The zero-order valence-corrected chi connectivity index (χ0v) is 9.41. The molecule has 84 valence electrons. The van der Waals surface area contributed by atoms with Gasteiger partial charge >= 0.3 is 0 Å². The van der Waals surface area contributed by atoms with E-state index >= 15 is 0 Å². The Hall–Kier alpha value is -0.570. The summed E-state index contributed by atoms with van der Waals surface area (Å²) in [5.74, 6) is 2.90. The lowest BCUT2D eigenvalue weighted by atomic mass is 9.85. The van der Waals surface area contributed by atoms with Crippen LogP contribution in [0, 0.1) is 23.7 Å². The molecule has 1 N–H and O–H groups in total. The minimum absolute atomic E-state index is 0.372. The molecular formula is C12H20N2O. The van der Waals surface area contributed by atoms with Crippen LogP contribution in [0.1, 0.15) is 19.8 Å². The van der Waals surface area contributed by atoms with E-state index in [0.717, 1.165) is 44.4 Å². The van der Waals surface area contributed by atoms with Gasteiger partial charge in [-0.15, -0.1) is 0 Å². The fourth-order valence-electron chi connectivity index (χ4n) is 3.19. The Morgan fingerprint density at radius 1 is 1.20 bits per heavy atom. The number of hydrogen-bond donors (Lipinski definition) is 1. The van der Waals surface area contributed by atoms with E-state index in [-0.39, 0.29) is 0 Å². The first-order valence-corrected chi connectivity index (χ1v) is 6.23. The minimum Gasteiger partial charge on any atom is -0.342 e. The molecule has 0 aromatic rings. The summed E-state index contributed by atoms with van der Waals surface area (Å²) >= 11 is 0. The summed E-state index contributed by atoms with van der Waals surface area (Å²) in [6, 6.07) is 0. The number of nitrogens with one attached hydrogen (secondary N) is 1. The highest BCUT2D eigenvalue weighted by atomic mass is 16.2. The van der Waals surface area contributed by atoms with Crippen molar-refractivity contribution in [3.63, 3.8) is 0 Å². The zero-order valence-electron chi connectivity index (χ0n) is 9.41. The Labute approximate surface area is 91.2 Å². The van der Waals surface area contributed by atoms with Crippen molar-refractivity contribution >= 4 is 5.91 Å². The maximum atomic E-state index is 12.1. The van der Waals surface area contributed by atoms with Crippen LogP contribution >= 0.6 is 0 Å². The second-order valence-corrected chi connectivity index (χ2v) is 5.69. The Morgan fingerprint density at radius 3 is 2.33 bits per heavy atom. The smallest absolute Gasteiger partial charge is 0.225 e. The molecule has 1 saturated carbocycles. The molecule has 3 rings (SSSR count). The van der Waals surface area contributed by atoms with Crippen LogP contribution in [0.5, 0.6) is 0 Å². The van der Waals surface area contributed by atoms with E-state index in [1.165, 1.54) is 6.42 Å². The normalized spacial score (nSPS) is 43.9. The molecule has 3 aliphatic rings. The van der Waals surface area contributed by atoms with Gasteiger partial charge in [0, 0.05) is 19.0 Å². The molecule has 0 radical (unpaired) electrons. The Balaban J connectivity index is 1.64. The first kappa shape index (κ1) is 9.64. The van der Waals surface area contributed by atoms with Gasteiger partial charge in [0.15, 0.2) is 0 Å². The Bertz CT molecular complexity index is 267. The fourth-order valence-corrected chi connectivity index (χ4v) is 3.19. The van der Waals surface area contributed by atoms with Crippen molar-refractivity contribution in [2.24, 2.45) is 23.7 Å². The Kier molecular flexibility index (Phi) is 2.23. The molecule has 3 heteroatoms. The van der Waals surface area contributed by atoms with E-state index < -0.39 is 0 Å². The van der Waals surface area contributed by atoms with Crippen LogP contribution in [0.25, 0.3) is 0 Å². The molecule has 4 atom stereocenters. The molecule has 0 aromatic carbocycles. The molecule has 2 heterocycles.